The quantitative estimate of drug-likeness (QED) is 0.141. The minimum absolute atomic E-state index is 0. The predicted molar refractivity (Wildman–Crippen MR) is 80.9 cm³/mol. The molecule has 0 bridgehead atoms. The van der Waals surface area contributed by atoms with E-state index in [-0.39, 0.29) is 12.3 Å². The van der Waals surface area contributed by atoms with Crippen LogP contribution in [0.4, 0.5) is 0 Å². The van der Waals surface area contributed by atoms with Gasteiger partial charge in [0.15, 0.2) is 0 Å². The van der Waals surface area contributed by atoms with Crippen LogP contribution in [0, 0.1) is 0 Å². The molecule has 0 aromatic heterocycles. The topological polar surface area (TPSA) is 443 Å². The van der Waals surface area contributed by atoms with Gasteiger partial charge in [-0.3, -0.25) is 45.5 Å². The molecular weight excluding hydrogens is 508 g/mol. The fourth-order valence-electron chi connectivity index (χ4n) is 0. The normalized spacial score (nSPS) is 10.7. The van der Waals surface area contributed by atoms with Crippen molar-refractivity contribution in [3.8, 4) is 0 Å². The number of rotatable bonds is 0. The predicted octanol–water partition coefficient (Wildman–Crippen LogP) is -2.94. The largest absolute Gasteiger partial charge is 0.394 e. The third-order valence-corrected chi connectivity index (χ3v) is 0. The zero-order valence-corrected chi connectivity index (χ0v) is 16.1. The van der Waals surface area contributed by atoms with Crippen LogP contribution in [0.3, 0.4) is 0 Å². The van der Waals surface area contributed by atoms with Gasteiger partial charge >= 0.3 is 52.0 Å². The minimum atomic E-state index is -4.67. The molecule has 0 aromatic carbocycles. The average molecular weight is 524 g/mol. The van der Waals surface area contributed by atoms with Crippen LogP contribution in [0.5, 0.6) is 0 Å². The van der Waals surface area contributed by atoms with Gasteiger partial charge in [-0.2, -0.15) is 42.1 Å². The van der Waals surface area contributed by atoms with Crippen LogP contribution in [0.1, 0.15) is 0 Å². The Balaban J connectivity index is -0.0000000364. The van der Waals surface area contributed by atoms with Crippen molar-refractivity contribution >= 4 is 52.0 Å². The standard InChI is InChI=1S/2H3N.5H2O4S/c;;5*1-5(2,3)4/h2*1H3;5*(H2,1,2,3,4). The first-order valence-corrected chi connectivity index (χ1v) is 10.5. The molecular formula is H16N2O20S5. The molecule has 0 radical (unpaired) electrons. The van der Waals surface area contributed by atoms with Crippen LogP contribution in [0.2, 0.25) is 0 Å². The third-order valence-electron chi connectivity index (χ3n) is 0. The lowest BCUT2D eigenvalue weighted by Crippen LogP contribution is -1.89. The van der Waals surface area contributed by atoms with E-state index >= 15 is 0 Å². The number of hydrogen-bond donors (Lipinski definition) is 12. The highest BCUT2D eigenvalue weighted by atomic mass is 32.3. The van der Waals surface area contributed by atoms with E-state index in [4.69, 9.17) is 87.6 Å². The SMILES string of the molecule is N.N.O=S(=O)(O)O.O=S(=O)(O)O.O=S(=O)(O)O.O=S(=O)(O)O.O=S(=O)(O)O. The van der Waals surface area contributed by atoms with Crippen molar-refractivity contribution in [2.75, 3.05) is 0 Å². The Morgan fingerprint density at radius 1 is 0.259 bits per heavy atom. The molecule has 176 valence electrons. The maximum absolute atomic E-state index is 8.74. The van der Waals surface area contributed by atoms with E-state index in [0.717, 1.165) is 0 Å². The molecule has 22 nitrogen and oxygen atoms in total. The molecule has 0 heterocycles. The van der Waals surface area contributed by atoms with Gasteiger partial charge in [0.05, 0.1) is 0 Å². The maximum atomic E-state index is 8.74. The summed E-state index contributed by atoms with van der Waals surface area (Å²) in [6.07, 6.45) is 0. The first-order valence-electron chi connectivity index (χ1n) is 3.49. The molecule has 0 saturated heterocycles. The Labute approximate surface area is 152 Å². The summed E-state index contributed by atoms with van der Waals surface area (Å²) in [6, 6.07) is 0. The summed E-state index contributed by atoms with van der Waals surface area (Å²) in [7, 11) is -23.3. The Hall–Kier alpha value is -0.730. The zero-order chi connectivity index (χ0) is 22.5. The third kappa shape index (κ3) is 25700. The zero-order valence-electron chi connectivity index (χ0n) is 12.0. The van der Waals surface area contributed by atoms with Gasteiger partial charge in [0.25, 0.3) is 0 Å². The van der Waals surface area contributed by atoms with Crippen molar-refractivity contribution in [3.05, 3.63) is 0 Å². The first-order chi connectivity index (χ1) is 10.0. The van der Waals surface area contributed by atoms with Crippen molar-refractivity contribution in [3.63, 3.8) is 0 Å². The van der Waals surface area contributed by atoms with Gasteiger partial charge in [-0.25, -0.2) is 0 Å². The second-order valence-corrected chi connectivity index (χ2v) is 6.72. The van der Waals surface area contributed by atoms with E-state index in [9.17, 15) is 0 Å². The molecule has 0 rings (SSSR count). The van der Waals surface area contributed by atoms with E-state index in [1.54, 1.807) is 0 Å². The molecule has 0 aliphatic heterocycles. The van der Waals surface area contributed by atoms with Crippen molar-refractivity contribution in [2.45, 2.75) is 0 Å². The van der Waals surface area contributed by atoms with E-state index in [2.05, 4.69) is 0 Å². The Kier molecular flexibility index (Phi) is 29.1. The Bertz CT molecular complexity index is 619. The molecule has 0 aliphatic carbocycles. The molecule has 0 saturated carbocycles. The molecule has 27 heteroatoms. The molecule has 0 aromatic rings. The summed E-state index contributed by atoms with van der Waals surface area (Å²) in [5.41, 5.74) is 0. The van der Waals surface area contributed by atoms with Crippen molar-refractivity contribution in [1.29, 1.82) is 0 Å². The van der Waals surface area contributed by atoms with Gasteiger partial charge in [-0.15, -0.1) is 0 Å². The van der Waals surface area contributed by atoms with Crippen LogP contribution in [0.25, 0.3) is 0 Å². The average Bonchev–Trinajstić information content (AvgIpc) is 1.79. The van der Waals surface area contributed by atoms with Gasteiger partial charge in [0.2, 0.25) is 0 Å². The second kappa shape index (κ2) is 17.4. The summed E-state index contributed by atoms with van der Waals surface area (Å²) in [6.45, 7) is 0. The van der Waals surface area contributed by atoms with Crippen LogP contribution in [-0.2, 0) is 52.0 Å². The highest BCUT2D eigenvalue weighted by molar-refractivity contribution is 7.80. The molecule has 0 fully saturated rings. The second-order valence-electron chi connectivity index (χ2n) is 2.24. The van der Waals surface area contributed by atoms with E-state index in [0.29, 0.717) is 0 Å². The van der Waals surface area contributed by atoms with Crippen LogP contribution < -0.4 is 12.3 Å². The minimum Gasteiger partial charge on any atom is -0.344 e. The lowest BCUT2D eigenvalue weighted by Gasteiger charge is -1.68. The molecule has 0 atom stereocenters. The van der Waals surface area contributed by atoms with Crippen LogP contribution >= 0.6 is 0 Å². The fourth-order valence-corrected chi connectivity index (χ4v) is 0. The van der Waals surface area contributed by atoms with Crippen molar-refractivity contribution < 1.29 is 87.6 Å². The fraction of sp³-hybridized carbons (Fsp3) is 0. The first kappa shape index (κ1) is 45.2. The van der Waals surface area contributed by atoms with Gasteiger partial charge < -0.3 is 12.3 Å². The smallest absolute Gasteiger partial charge is 0.344 e. The van der Waals surface area contributed by atoms with Crippen molar-refractivity contribution in [2.24, 2.45) is 0 Å². The van der Waals surface area contributed by atoms with Gasteiger partial charge in [0, 0.05) is 0 Å². The molecule has 27 heavy (non-hydrogen) atoms. The molecule has 0 amide bonds. The summed E-state index contributed by atoms with van der Waals surface area (Å²) in [5.74, 6) is 0. The molecule has 0 aliphatic rings. The van der Waals surface area contributed by atoms with Crippen LogP contribution in [0.15, 0.2) is 0 Å². The van der Waals surface area contributed by atoms with E-state index in [1.165, 1.54) is 0 Å². The van der Waals surface area contributed by atoms with Gasteiger partial charge in [0.1, 0.15) is 0 Å². The highest BCUT2D eigenvalue weighted by Gasteiger charge is 1.86. The Morgan fingerprint density at radius 2 is 0.259 bits per heavy atom. The lowest BCUT2D eigenvalue weighted by atomic mass is 14.0. The molecule has 16 N–H and O–H groups in total. The summed E-state index contributed by atoms with van der Waals surface area (Å²) < 4.78 is 158. The summed E-state index contributed by atoms with van der Waals surface area (Å²) in [5, 5.41) is 0. The summed E-state index contributed by atoms with van der Waals surface area (Å²) >= 11 is 0. The van der Waals surface area contributed by atoms with Crippen LogP contribution in [-0.4, -0.2) is 87.6 Å². The lowest BCUT2D eigenvalue weighted by molar-refractivity contribution is 0.378. The van der Waals surface area contributed by atoms with Gasteiger partial charge in [-0.1, -0.05) is 0 Å². The summed E-state index contributed by atoms with van der Waals surface area (Å²) in [4.78, 5) is 0. The Morgan fingerprint density at radius 3 is 0.259 bits per heavy atom. The van der Waals surface area contributed by atoms with E-state index < -0.39 is 52.0 Å². The maximum Gasteiger partial charge on any atom is 0.394 e. The number of hydrogen-bond acceptors (Lipinski definition) is 12. The van der Waals surface area contributed by atoms with Crippen molar-refractivity contribution in [1.82, 2.24) is 12.3 Å². The molecule has 0 spiro atoms. The van der Waals surface area contributed by atoms with E-state index in [1.807, 2.05) is 0 Å². The monoisotopic (exact) mass is 524 g/mol. The molecule has 0 unspecified atom stereocenters. The van der Waals surface area contributed by atoms with Gasteiger partial charge in [-0.05, 0) is 0 Å². The highest BCUT2D eigenvalue weighted by Crippen LogP contribution is 1.60.